The molecule has 0 unspecified atom stereocenters. The van der Waals surface area contributed by atoms with Gasteiger partial charge in [0.25, 0.3) is 0 Å². The van der Waals surface area contributed by atoms with Crippen molar-refractivity contribution >= 4 is 46.5 Å². The molecule has 1 aliphatic rings. The Hall–Kier alpha value is -2.35. The highest BCUT2D eigenvalue weighted by Gasteiger charge is 2.15. The number of halogens is 1. The van der Waals surface area contributed by atoms with E-state index in [1.807, 2.05) is 19.4 Å². The molecule has 0 saturated heterocycles. The van der Waals surface area contributed by atoms with Crippen LogP contribution >= 0.6 is 24.0 Å². The molecule has 0 fully saturated rings. The van der Waals surface area contributed by atoms with Crippen LogP contribution in [0.5, 0.6) is 0 Å². The van der Waals surface area contributed by atoms with Crippen LogP contribution in [0.2, 0.25) is 0 Å². The van der Waals surface area contributed by atoms with E-state index < -0.39 is 0 Å². The molecule has 1 aromatic heterocycles. The van der Waals surface area contributed by atoms with Crippen LogP contribution in [0.15, 0.2) is 72.0 Å². The Morgan fingerprint density at radius 3 is 2.66 bits per heavy atom. The van der Waals surface area contributed by atoms with E-state index in [4.69, 9.17) is 0 Å². The fourth-order valence-electron chi connectivity index (χ4n) is 3.75. The predicted octanol–water partition coefficient (Wildman–Crippen LogP) is 4.41. The molecule has 6 heteroatoms. The Bertz CT molecular complexity index is 977. The van der Waals surface area contributed by atoms with Gasteiger partial charge in [0.2, 0.25) is 0 Å². The first-order chi connectivity index (χ1) is 13.8. The maximum Gasteiger partial charge on any atom is 0.193 e. The fourth-order valence-corrected chi connectivity index (χ4v) is 3.75. The minimum absolute atomic E-state index is 0. The second kappa shape index (κ2) is 10.4. The first-order valence-corrected chi connectivity index (χ1v) is 9.95. The van der Waals surface area contributed by atoms with E-state index in [1.54, 1.807) is 0 Å². The van der Waals surface area contributed by atoms with Gasteiger partial charge in [0.05, 0.1) is 17.4 Å². The largest absolute Gasteiger partial charge is 0.356 e. The molecular formula is C23H28IN5. The lowest BCUT2D eigenvalue weighted by molar-refractivity contribution is 0.438. The van der Waals surface area contributed by atoms with Gasteiger partial charge >= 0.3 is 0 Å². The van der Waals surface area contributed by atoms with Gasteiger partial charge in [0, 0.05) is 33.2 Å². The van der Waals surface area contributed by atoms with Gasteiger partial charge in [0.1, 0.15) is 0 Å². The predicted molar refractivity (Wildman–Crippen MR) is 132 cm³/mol. The molecule has 0 aliphatic carbocycles. The van der Waals surface area contributed by atoms with Crippen LogP contribution in [-0.2, 0) is 6.54 Å². The van der Waals surface area contributed by atoms with Gasteiger partial charge in [-0.1, -0.05) is 48.5 Å². The average Bonchev–Trinajstić information content (AvgIpc) is 3.18. The van der Waals surface area contributed by atoms with Crippen molar-refractivity contribution in [3.8, 4) is 0 Å². The highest BCUT2D eigenvalue weighted by atomic mass is 127. The van der Waals surface area contributed by atoms with Crippen molar-refractivity contribution in [3.05, 3.63) is 72.6 Å². The molecule has 2 heterocycles. The molecule has 152 valence electrons. The Morgan fingerprint density at radius 1 is 1.10 bits per heavy atom. The number of aryl methyl sites for hydroxylation is 1. The number of nitrogens with one attached hydrogen (secondary N) is 1. The van der Waals surface area contributed by atoms with E-state index in [9.17, 15) is 0 Å². The van der Waals surface area contributed by atoms with Gasteiger partial charge in [-0.2, -0.15) is 0 Å². The lowest BCUT2D eigenvalue weighted by Gasteiger charge is -2.29. The SMILES string of the molecule is CN=C(NCCCn1cnc2ccccc21)N1CC=C(c2ccccc2)CC1.I. The fraction of sp³-hybridized carbons (Fsp3) is 0.304. The number of hydrogen-bond donors (Lipinski definition) is 1. The third kappa shape index (κ3) is 5.18. The van der Waals surface area contributed by atoms with Crippen LogP contribution in [-0.4, -0.2) is 47.1 Å². The summed E-state index contributed by atoms with van der Waals surface area (Å²) in [6, 6.07) is 18.9. The minimum Gasteiger partial charge on any atom is -0.356 e. The smallest absolute Gasteiger partial charge is 0.193 e. The average molecular weight is 501 g/mol. The van der Waals surface area contributed by atoms with Crippen LogP contribution in [0, 0.1) is 0 Å². The van der Waals surface area contributed by atoms with Gasteiger partial charge < -0.3 is 14.8 Å². The van der Waals surface area contributed by atoms with Crippen molar-refractivity contribution < 1.29 is 0 Å². The van der Waals surface area contributed by atoms with E-state index in [-0.39, 0.29) is 24.0 Å². The number of rotatable bonds is 5. The quantitative estimate of drug-likeness (QED) is 0.244. The van der Waals surface area contributed by atoms with Gasteiger partial charge in [0.15, 0.2) is 5.96 Å². The first-order valence-electron chi connectivity index (χ1n) is 9.95. The van der Waals surface area contributed by atoms with Crippen LogP contribution in [0.1, 0.15) is 18.4 Å². The molecule has 5 nitrogen and oxygen atoms in total. The van der Waals surface area contributed by atoms with Crippen LogP contribution in [0.4, 0.5) is 0 Å². The molecule has 0 atom stereocenters. The zero-order valence-electron chi connectivity index (χ0n) is 16.8. The zero-order chi connectivity index (χ0) is 19.2. The van der Waals surface area contributed by atoms with E-state index in [0.29, 0.717) is 0 Å². The Balaban J connectivity index is 0.00000240. The molecule has 3 aromatic rings. The Labute approximate surface area is 189 Å². The monoisotopic (exact) mass is 501 g/mol. The molecule has 29 heavy (non-hydrogen) atoms. The van der Waals surface area contributed by atoms with Crippen molar-refractivity contribution in [2.75, 3.05) is 26.7 Å². The summed E-state index contributed by atoms with van der Waals surface area (Å²) in [7, 11) is 1.86. The molecule has 1 aliphatic heterocycles. The molecule has 0 spiro atoms. The maximum atomic E-state index is 4.48. The minimum atomic E-state index is 0. The number of hydrogen-bond acceptors (Lipinski definition) is 2. The zero-order valence-corrected chi connectivity index (χ0v) is 19.1. The van der Waals surface area contributed by atoms with Gasteiger partial charge in [-0.05, 0) is 36.1 Å². The van der Waals surface area contributed by atoms with E-state index in [0.717, 1.165) is 50.5 Å². The maximum absolute atomic E-state index is 4.48. The Kier molecular flexibility index (Phi) is 7.69. The standard InChI is InChI=1S/C23H27N5.HI/c1-24-23(27-16-12-20(13-17-27)19-8-3-2-4-9-19)25-14-7-15-28-18-26-21-10-5-6-11-22(21)28;/h2-6,8-12,18H,7,13-17H2,1H3,(H,24,25);1H. The summed E-state index contributed by atoms with van der Waals surface area (Å²) in [4.78, 5) is 11.3. The molecule has 0 bridgehead atoms. The molecule has 0 radical (unpaired) electrons. The normalized spacial score (nSPS) is 14.4. The highest BCUT2D eigenvalue weighted by Crippen LogP contribution is 2.22. The van der Waals surface area contributed by atoms with E-state index in [2.05, 4.69) is 79.4 Å². The summed E-state index contributed by atoms with van der Waals surface area (Å²) in [5.41, 5.74) is 5.01. The molecular weight excluding hydrogens is 473 g/mol. The van der Waals surface area contributed by atoms with Crippen LogP contribution in [0.3, 0.4) is 0 Å². The van der Waals surface area contributed by atoms with Crippen molar-refractivity contribution in [2.45, 2.75) is 19.4 Å². The van der Waals surface area contributed by atoms with Crippen molar-refractivity contribution in [1.29, 1.82) is 0 Å². The lowest BCUT2D eigenvalue weighted by Crippen LogP contribution is -2.43. The van der Waals surface area contributed by atoms with Gasteiger partial charge in [-0.3, -0.25) is 4.99 Å². The third-order valence-electron chi connectivity index (χ3n) is 5.25. The van der Waals surface area contributed by atoms with Gasteiger partial charge in [-0.15, -0.1) is 24.0 Å². The second-order valence-electron chi connectivity index (χ2n) is 7.05. The third-order valence-corrected chi connectivity index (χ3v) is 5.25. The lowest BCUT2D eigenvalue weighted by atomic mass is 10.00. The number of benzene rings is 2. The summed E-state index contributed by atoms with van der Waals surface area (Å²) < 4.78 is 2.22. The number of aliphatic imine (C=N–C) groups is 1. The molecule has 1 N–H and O–H groups in total. The van der Waals surface area contributed by atoms with Crippen LogP contribution < -0.4 is 5.32 Å². The molecule has 0 saturated carbocycles. The summed E-state index contributed by atoms with van der Waals surface area (Å²) in [5, 5.41) is 3.52. The summed E-state index contributed by atoms with van der Waals surface area (Å²) in [6.45, 7) is 3.73. The van der Waals surface area contributed by atoms with E-state index >= 15 is 0 Å². The van der Waals surface area contributed by atoms with E-state index in [1.165, 1.54) is 16.7 Å². The Morgan fingerprint density at radius 2 is 1.90 bits per heavy atom. The first kappa shape index (κ1) is 21.4. The van der Waals surface area contributed by atoms with Crippen molar-refractivity contribution in [1.82, 2.24) is 19.8 Å². The summed E-state index contributed by atoms with van der Waals surface area (Å²) in [6.07, 6.45) is 6.33. The number of imidazole rings is 1. The van der Waals surface area contributed by atoms with Crippen LogP contribution in [0.25, 0.3) is 16.6 Å². The number of guanidine groups is 1. The topological polar surface area (TPSA) is 45.5 Å². The molecule has 4 rings (SSSR count). The summed E-state index contributed by atoms with van der Waals surface area (Å²) >= 11 is 0. The molecule has 0 amide bonds. The van der Waals surface area contributed by atoms with Crippen molar-refractivity contribution in [2.24, 2.45) is 4.99 Å². The van der Waals surface area contributed by atoms with Gasteiger partial charge in [-0.25, -0.2) is 4.98 Å². The second-order valence-corrected chi connectivity index (χ2v) is 7.05. The number of fused-ring (bicyclic) bond motifs is 1. The highest BCUT2D eigenvalue weighted by molar-refractivity contribution is 14.0. The number of para-hydroxylation sites is 2. The number of aromatic nitrogens is 2. The van der Waals surface area contributed by atoms with Crippen molar-refractivity contribution in [3.63, 3.8) is 0 Å². The molecule has 2 aromatic carbocycles. The number of nitrogens with zero attached hydrogens (tertiary/aromatic N) is 4. The summed E-state index contributed by atoms with van der Waals surface area (Å²) in [5.74, 6) is 0.985.